The van der Waals surface area contributed by atoms with Crippen LogP contribution in [-0.2, 0) is 0 Å². The third kappa shape index (κ3) is 0.861. The summed E-state index contributed by atoms with van der Waals surface area (Å²) in [5.74, 6) is 0.986. The Hall–Kier alpha value is 0.220. The molecule has 2 rings (SSSR count). The van der Waals surface area contributed by atoms with Gasteiger partial charge in [0.25, 0.3) is 0 Å². The first kappa shape index (κ1) is 5.96. The molecular weight excluding hydrogens is 176 g/mol. The van der Waals surface area contributed by atoms with E-state index in [-0.39, 0.29) is 0 Å². The van der Waals surface area contributed by atoms with Gasteiger partial charge in [-0.05, 0) is 42.5 Å². The Morgan fingerprint density at radius 1 is 1.22 bits per heavy atom. The average molecular weight is 187 g/mol. The summed E-state index contributed by atoms with van der Waals surface area (Å²) in [5.41, 5.74) is 1.75. The van der Waals surface area contributed by atoms with E-state index in [4.69, 9.17) is 0 Å². The molecule has 2 aliphatic rings. The van der Waals surface area contributed by atoms with Crippen molar-refractivity contribution in [3.8, 4) is 0 Å². The fraction of sp³-hybridized carbons (Fsp3) is 0.750. The van der Waals surface area contributed by atoms with Crippen molar-refractivity contribution >= 4 is 15.9 Å². The molecule has 0 spiro atoms. The molecule has 0 radical (unpaired) electrons. The second-order valence-corrected chi connectivity index (χ2v) is 4.02. The molecule has 0 N–H and O–H groups in total. The molecule has 0 nitrogen and oxygen atoms in total. The van der Waals surface area contributed by atoms with E-state index in [1.54, 1.807) is 5.57 Å². The average Bonchev–Trinajstić information content (AvgIpc) is 2.35. The van der Waals surface area contributed by atoms with Gasteiger partial charge in [0, 0.05) is 0 Å². The van der Waals surface area contributed by atoms with Crippen LogP contribution in [0.1, 0.15) is 32.1 Å². The lowest BCUT2D eigenvalue weighted by molar-refractivity contribution is 0.610. The van der Waals surface area contributed by atoms with Gasteiger partial charge in [-0.25, -0.2) is 0 Å². The molecule has 0 heterocycles. The summed E-state index contributed by atoms with van der Waals surface area (Å²) in [6.45, 7) is 0. The standard InChI is InChI=1S/C8H11Br/c9-8-5-4-6-2-1-3-7(6)8/h6H,1-5H2/t6-/m1/s1. The predicted molar refractivity (Wildman–Crippen MR) is 42.5 cm³/mol. The van der Waals surface area contributed by atoms with Gasteiger partial charge in [0.2, 0.25) is 0 Å². The molecule has 0 aromatic carbocycles. The van der Waals surface area contributed by atoms with Crippen molar-refractivity contribution in [3.63, 3.8) is 0 Å². The molecule has 1 fully saturated rings. The van der Waals surface area contributed by atoms with E-state index in [0.29, 0.717) is 0 Å². The van der Waals surface area contributed by atoms with E-state index >= 15 is 0 Å². The molecule has 9 heavy (non-hydrogen) atoms. The number of allylic oxidation sites excluding steroid dienone is 2. The molecule has 0 unspecified atom stereocenters. The summed E-state index contributed by atoms with van der Waals surface area (Å²) in [6, 6.07) is 0. The summed E-state index contributed by atoms with van der Waals surface area (Å²) in [4.78, 5) is 0. The fourth-order valence-corrected chi connectivity index (χ4v) is 2.81. The molecule has 0 amide bonds. The third-order valence-electron chi connectivity index (χ3n) is 2.55. The van der Waals surface area contributed by atoms with Crippen LogP contribution in [0.2, 0.25) is 0 Å². The monoisotopic (exact) mass is 186 g/mol. The fourth-order valence-electron chi connectivity index (χ4n) is 2.05. The number of rotatable bonds is 0. The molecule has 0 aromatic heterocycles. The molecule has 0 aliphatic heterocycles. The number of fused-ring (bicyclic) bond motifs is 1. The molecule has 1 heteroatoms. The van der Waals surface area contributed by atoms with Crippen LogP contribution in [0.3, 0.4) is 0 Å². The first-order chi connectivity index (χ1) is 4.38. The lowest BCUT2D eigenvalue weighted by Gasteiger charge is -1.99. The van der Waals surface area contributed by atoms with Crippen LogP contribution >= 0.6 is 15.9 Å². The lowest BCUT2D eigenvalue weighted by atomic mass is 10.1. The second kappa shape index (κ2) is 2.12. The van der Waals surface area contributed by atoms with Crippen molar-refractivity contribution in [1.29, 1.82) is 0 Å². The van der Waals surface area contributed by atoms with Crippen molar-refractivity contribution in [2.75, 3.05) is 0 Å². The Balaban J connectivity index is 2.28. The van der Waals surface area contributed by atoms with Gasteiger partial charge in [-0.1, -0.05) is 21.5 Å². The van der Waals surface area contributed by atoms with Crippen LogP contribution < -0.4 is 0 Å². The zero-order valence-corrected chi connectivity index (χ0v) is 7.08. The van der Waals surface area contributed by atoms with E-state index < -0.39 is 0 Å². The van der Waals surface area contributed by atoms with Gasteiger partial charge >= 0.3 is 0 Å². The highest BCUT2D eigenvalue weighted by Gasteiger charge is 2.27. The van der Waals surface area contributed by atoms with E-state index in [1.165, 1.54) is 36.6 Å². The Morgan fingerprint density at radius 2 is 2.11 bits per heavy atom. The Kier molecular flexibility index (Phi) is 1.40. The highest BCUT2D eigenvalue weighted by Crippen LogP contribution is 2.45. The summed E-state index contributed by atoms with van der Waals surface area (Å²) >= 11 is 3.62. The van der Waals surface area contributed by atoms with E-state index in [0.717, 1.165) is 5.92 Å². The van der Waals surface area contributed by atoms with Crippen LogP contribution in [-0.4, -0.2) is 0 Å². The van der Waals surface area contributed by atoms with Crippen LogP contribution in [0.5, 0.6) is 0 Å². The predicted octanol–water partition coefficient (Wildman–Crippen LogP) is 3.23. The molecule has 0 aromatic rings. The van der Waals surface area contributed by atoms with Crippen molar-refractivity contribution in [2.45, 2.75) is 32.1 Å². The zero-order chi connectivity index (χ0) is 6.27. The van der Waals surface area contributed by atoms with Crippen LogP contribution in [0, 0.1) is 5.92 Å². The van der Waals surface area contributed by atoms with E-state index in [1.807, 2.05) is 0 Å². The van der Waals surface area contributed by atoms with Gasteiger partial charge in [0.1, 0.15) is 0 Å². The van der Waals surface area contributed by atoms with Gasteiger partial charge in [-0.15, -0.1) is 0 Å². The van der Waals surface area contributed by atoms with Crippen LogP contribution in [0.15, 0.2) is 10.1 Å². The molecule has 0 bridgehead atoms. The maximum atomic E-state index is 3.62. The van der Waals surface area contributed by atoms with Crippen molar-refractivity contribution in [2.24, 2.45) is 5.92 Å². The molecule has 0 saturated heterocycles. The SMILES string of the molecule is BrC1=C2CCC[C@@H]2CC1. The summed E-state index contributed by atoms with van der Waals surface area (Å²) in [7, 11) is 0. The molecule has 2 aliphatic carbocycles. The largest absolute Gasteiger partial charge is 0.0570 e. The van der Waals surface area contributed by atoms with Gasteiger partial charge in [0.15, 0.2) is 0 Å². The molecule has 1 atom stereocenters. The first-order valence-corrected chi connectivity index (χ1v) is 4.54. The Bertz CT molecular complexity index is 158. The molecule has 50 valence electrons. The second-order valence-electron chi connectivity index (χ2n) is 3.06. The smallest absolute Gasteiger partial charge is 0.00543 e. The Labute approximate surface area is 64.5 Å². The highest BCUT2D eigenvalue weighted by atomic mass is 79.9. The number of hydrogen-bond acceptors (Lipinski definition) is 0. The third-order valence-corrected chi connectivity index (χ3v) is 3.46. The minimum Gasteiger partial charge on any atom is -0.0570 e. The quantitative estimate of drug-likeness (QED) is 0.546. The van der Waals surface area contributed by atoms with Crippen LogP contribution in [0.4, 0.5) is 0 Å². The summed E-state index contributed by atoms with van der Waals surface area (Å²) in [5, 5.41) is 0. The van der Waals surface area contributed by atoms with Gasteiger partial charge < -0.3 is 0 Å². The maximum Gasteiger partial charge on any atom is -0.00543 e. The molecular formula is C8H11Br. The zero-order valence-electron chi connectivity index (χ0n) is 5.49. The molecule has 1 saturated carbocycles. The minimum absolute atomic E-state index is 0.986. The van der Waals surface area contributed by atoms with Gasteiger partial charge in [0.05, 0.1) is 0 Å². The Morgan fingerprint density at radius 3 is 2.89 bits per heavy atom. The summed E-state index contributed by atoms with van der Waals surface area (Å²) < 4.78 is 1.53. The van der Waals surface area contributed by atoms with Crippen molar-refractivity contribution < 1.29 is 0 Å². The maximum absolute atomic E-state index is 3.62. The first-order valence-electron chi connectivity index (χ1n) is 3.75. The van der Waals surface area contributed by atoms with E-state index in [9.17, 15) is 0 Å². The highest BCUT2D eigenvalue weighted by molar-refractivity contribution is 9.11. The number of halogens is 1. The summed E-state index contributed by atoms with van der Waals surface area (Å²) in [6.07, 6.45) is 7.03. The number of hydrogen-bond donors (Lipinski definition) is 0. The van der Waals surface area contributed by atoms with Gasteiger partial charge in [-0.3, -0.25) is 0 Å². The van der Waals surface area contributed by atoms with Crippen molar-refractivity contribution in [3.05, 3.63) is 10.1 Å². The van der Waals surface area contributed by atoms with Crippen LogP contribution in [0.25, 0.3) is 0 Å². The van der Waals surface area contributed by atoms with E-state index in [2.05, 4.69) is 15.9 Å². The topological polar surface area (TPSA) is 0 Å². The normalized spacial score (nSPS) is 33.7. The minimum atomic E-state index is 0.986. The van der Waals surface area contributed by atoms with Gasteiger partial charge in [-0.2, -0.15) is 0 Å². The van der Waals surface area contributed by atoms with Crippen molar-refractivity contribution in [1.82, 2.24) is 0 Å². The lowest BCUT2D eigenvalue weighted by Crippen LogP contribution is -1.86.